The summed E-state index contributed by atoms with van der Waals surface area (Å²) in [7, 11) is 0. The Balaban J connectivity index is 2.15. The van der Waals surface area contributed by atoms with Crippen molar-refractivity contribution in [3.63, 3.8) is 0 Å². The van der Waals surface area contributed by atoms with Crippen molar-refractivity contribution in [1.82, 2.24) is 0 Å². The molecule has 0 spiro atoms. The molecule has 0 bridgehead atoms. The zero-order chi connectivity index (χ0) is 14.0. The molecule has 0 aromatic heterocycles. The molecular formula is C7H8N2O10. The molecule has 0 amide bonds. The van der Waals surface area contributed by atoms with Crippen LogP contribution in [0.3, 0.4) is 0 Å². The zero-order valence-corrected chi connectivity index (χ0v) is 9.20. The van der Waals surface area contributed by atoms with E-state index in [4.69, 9.17) is 9.47 Å². The van der Waals surface area contributed by atoms with Gasteiger partial charge >= 0.3 is 5.79 Å². The molecule has 0 aliphatic carbocycles. The van der Waals surface area contributed by atoms with E-state index in [9.17, 15) is 25.0 Å². The van der Waals surface area contributed by atoms with Crippen molar-refractivity contribution in [2.45, 2.75) is 24.1 Å². The predicted molar refractivity (Wildman–Crippen MR) is 49.3 cm³/mol. The van der Waals surface area contributed by atoms with Crippen molar-refractivity contribution in [3.8, 4) is 0 Å². The first-order chi connectivity index (χ1) is 8.98. The van der Waals surface area contributed by atoms with Gasteiger partial charge in [0.1, 0.15) is 12.7 Å². The fourth-order valence-electron chi connectivity index (χ4n) is 2.06. The molecule has 2 aliphatic rings. The van der Waals surface area contributed by atoms with E-state index in [0.29, 0.717) is 0 Å². The predicted octanol–water partition coefficient (Wildman–Crippen LogP) is -1.56. The average molecular weight is 280 g/mol. The second-order valence-electron chi connectivity index (χ2n) is 3.74. The molecule has 2 heterocycles. The van der Waals surface area contributed by atoms with Gasteiger partial charge in [0.15, 0.2) is 12.2 Å². The van der Waals surface area contributed by atoms with Gasteiger partial charge in [-0.05, 0) is 0 Å². The van der Waals surface area contributed by atoms with E-state index in [1.807, 2.05) is 0 Å². The van der Waals surface area contributed by atoms with E-state index in [1.54, 1.807) is 0 Å². The normalized spacial score (nSPS) is 36.3. The lowest BCUT2D eigenvalue weighted by molar-refractivity contribution is -0.795. The Labute approximate surface area is 104 Å². The van der Waals surface area contributed by atoms with E-state index in [0.717, 1.165) is 0 Å². The molecule has 106 valence electrons. The van der Waals surface area contributed by atoms with Gasteiger partial charge in [-0.15, -0.1) is 20.2 Å². The average Bonchev–Trinajstić information content (AvgIpc) is 2.82. The molecule has 0 radical (unpaired) electrons. The number of nitrogens with zero attached hydrogens (tertiary/aromatic N) is 2. The lowest BCUT2D eigenvalue weighted by atomic mass is 10.1. The van der Waals surface area contributed by atoms with E-state index in [-0.39, 0.29) is 13.1 Å². The fraction of sp³-hybridized carbons (Fsp3) is 0.857. The minimum Gasteiger partial charge on any atom is -0.429 e. The van der Waals surface area contributed by atoms with Crippen molar-refractivity contribution in [1.29, 1.82) is 0 Å². The molecule has 2 aliphatic heterocycles. The summed E-state index contributed by atoms with van der Waals surface area (Å²) >= 11 is 0. The summed E-state index contributed by atoms with van der Waals surface area (Å²) in [6, 6.07) is 0. The summed E-state index contributed by atoms with van der Waals surface area (Å²) in [5.74, 6) is -2.08. The Morgan fingerprint density at radius 2 is 2.00 bits per heavy atom. The summed E-state index contributed by atoms with van der Waals surface area (Å²) in [6.07, 6.45) is -3.27. The van der Waals surface area contributed by atoms with E-state index in [1.165, 1.54) is 0 Å². The minimum atomic E-state index is -2.08. The zero-order valence-electron chi connectivity index (χ0n) is 9.20. The Hall–Kier alpha value is -2.21. The van der Waals surface area contributed by atoms with Crippen LogP contribution < -0.4 is 0 Å². The lowest BCUT2D eigenvalue weighted by Gasteiger charge is -2.27. The van der Waals surface area contributed by atoms with E-state index < -0.39 is 40.9 Å². The molecule has 2 rings (SSSR count). The third-order valence-corrected chi connectivity index (χ3v) is 2.71. The van der Waals surface area contributed by atoms with Gasteiger partial charge in [-0.2, -0.15) is 0 Å². The standard InChI is InChI=1S/C7H8N2O10/c10-3-17-7(19-9(13)14)2-16-5-4(18-8(11)12)1-15-6(5)7/h3-6H,1-2H2/t4-,5-,6+,7-/m1/s1. The van der Waals surface area contributed by atoms with Crippen molar-refractivity contribution in [3.05, 3.63) is 20.2 Å². The first-order valence-corrected chi connectivity index (χ1v) is 4.98. The van der Waals surface area contributed by atoms with Gasteiger partial charge in [0, 0.05) is 0 Å². The van der Waals surface area contributed by atoms with Gasteiger partial charge in [-0.3, -0.25) is 9.63 Å². The van der Waals surface area contributed by atoms with Crippen LogP contribution in [-0.2, 0) is 28.7 Å². The molecule has 2 saturated heterocycles. The minimum absolute atomic E-state index is 0.0553. The second kappa shape index (κ2) is 4.81. The smallest absolute Gasteiger partial charge is 0.309 e. The highest BCUT2D eigenvalue weighted by atomic mass is 17.0. The Bertz CT molecular complexity index is 401. The number of rotatable bonds is 6. The lowest BCUT2D eigenvalue weighted by Crippen LogP contribution is -2.49. The van der Waals surface area contributed by atoms with Gasteiger partial charge in [0.25, 0.3) is 16.6 Å². The number of hydrogen-bond donors (Lipinski definition) is 0. The number of fused-ring (bicyclic) bond motifs is 1. The second-order valence-corrected chi connectivity index (χ2v) is 3.74. The Morgan fingerprint density at radius 1 is 1.26 bits per heavy atom. The quantitative estimate of drug-likeness (QED) is 0.242. The van der Waals surface area contributed by atoms with Crippen molar-refractivity contribution < 1.29 is 38.9 Å². The molecule has 0 aromatic carbocycles. The van der Waals surface area contributed by atoms with Crippen LogP contribution in [-0.4, -0.2) is 54.0 Å². The van der Waals surface area contributed by atoms with Gasteiger partial charge in [-0.25, -0.2) is 0 Å². The summed E-state index contributed by atoms with van der Waals surface area (Å²) < 4.78 is 14.7. The maximum atomic E-state index is 10.4. The van der Waals surface area contributed by atoms with Crippen LogP contribution in [0.15, 0.2) is 0 Å². The highest BCUT2D eigenvalue weighted by molar-refractivity contribution is 5.38. The van der Waals surface area contributed by atoms with E-state index >= 15 is 0 Å². The van der Waals surface area contributed by atoms with Crippen LogP contribution >= 0.6 is 0 Å². The first kappa shape index (κ1) is 13.2. The van der Waals surface area contributed by atoms with Crippen LogP contribution in [0, 0.1) is 20.2 Å². The van der Waals surface area contributed by atoms with Gasteiger partial charge in [0.2, 0.25) is 0 Å². The van der Waals surface area contributed by atoms with Gasteiger partial charge in [-0.1, -0.05) is 0 Å². The van der Waals surface area contributed by atoms with Gasteiger partial charge in [0.05, 0.1) is 6.61 Å². The van der Waals surface area contributed by atoms with E-state index in [2.05, 4.69) is 14.4 Å². The van der Waals surface area contributed by atoms with Crippen molar-refractivity contribution in [2.24, 2.45) is 0 Å². The monoisotopic (exact) mass is 280 g/mol. The van der Waals surface area contributed by atoms with Crippen LogP contribution in [0.4, 0.5) is 0 Å². The van der Waals surface area contributed by atoms with Crippen LogP contribution in [0.1, 0.15) is 0 Å². The molecule has 0 aromatic rings. The first-order valence-electron chi connectivity index (χ1n) is 4.98. The molecule has 2 fully saturated rings. The number of carbonyl (C=O) groups excluding carboxylic acids is 1. The SMILES string of the molecule is O=CO[C@@]1(O[N+](=O)[O-])CO[C@@H]2[C@H](O[N+](=O)[O-])CO[C@@H]21. The maximum Gasteiger partial charge on any atom is 0.309 e. The molecule has 12 heteroatoms. The summed E-state index contributed by atoms with van der Waals surface area (Å²) in [5, 5.41) is 18.5. The Kier molecular flexibility index (Phi) is 3.35. The molecule has 0 unspecified atom stereocenters. The molecule has 4 atom stereocenters. The van der Waals surface area contributed by atoms with Crippen molar-refractivity contribution >= 4 is 6.47 Å². The summed E-state index contributed by atoms with van der Waals surface area (Å²) in [5.41, 5.74) is 0. The third-order valence-electron chi connectivity index (χ3n) is 2.71. The Morgan fingerprint density at radius 3 is 2.58 bits per heavy atom. The van der Waals surface area contributed by atoms with Crippen LogP contribution in [0.2, 0.25) is 0 Å². The molecular weight excluding hydrogens is 272 g/mol. The third kappa shape index (κ3) is 2.34. The summed E-state index contributed by atoms with van der Waals surface area (Å²) in [4.78, 5) is 39.7. The summed E-state index contributed by atoms with van der Waals surface area (Å²) in [6.45, 7) is -0.804. The van der Waals surface area contributed by atoms with Crippen LogP contribution in [0.5, 0.6) is 0 Å². The molecule has 19 heavy (non-hydrogen) atoms. The topological polar surface area (TPSA) is 150 Å². The van der Waals surface area contributed by atoms with Gasteiger partial charge < -0.3 is 19.0 Å². The number of carbonyl (C=O) groups is 1. The highest BCUT2D eigenvalue weighted by Crippen LogP contribution is 2.38. The molecule has 0 N–H and O–H groups in total. The number of hydrogen-bond acceptors (Lipinski definition) is 10. The largest absolute Gasteiger partial charge is 0.429 e. The molecule has 0 saturated carbocycles. The van der Waals surface area contributed by atoms with Crippen molar-refractivity contribution in [2.75, 3.05) is 13.2 Å². The molecule has 12 nitrogen and oxygen atoms in total. The fourth-order valence-corrected chi connectivity index (χ4v) is 2.06. The van der Waals surface area contributed by atoms with Crippen LogP contribution in [0.25, 0.3) is 0 Å². The maximum absolute atomic E-state index is 10.4. The number of ether oxygens (including phenoxy) is 3. The highest BCUT2D eigenvalue weighted by Gasteiger charge is 2.62.